The molecule has 2 N–H and O–H groups in total. The Balaban J connectivity index is 2.18. The molecule has 5 nitrogen and oxygen atoms in total. The third-order valence-corrected chi connectivity index (χ3v) is 3.20. The predicted molar refractivity (Wildman–Crippen MR) is 70.3 cm³/mol. The fourth-order valence-corrected chi connectivity index (χ4v) is 1.90. The lowest BCUT2D eigenvalue weighted by atomic mass is 10.2. The molecule has 0 aliphatic heterocycles. The summed E-state index contributed by atoms with van der Waals surface area (Å²) in [6.45, 7) is 0.365. The van der Waals surface area contributed by atoms with Crippen LogP contribution in [0.4, 0.5) is 0 Å². The van der Waals surface area contributed by atoms with Crippen LogP contribution in [-0.4, -0.2) is 30.1 Å². The molecule has 0 fully saturated rings. The normalized spacial score (nSPS) is 12.6. The molecule has 0 radical (unpaired) electrons. The molecule has 1 heterocycles. The van der Waals surface area contributed by atoms with Gasteiger partial charge in [0.25, 0.3) is 5.89 Å². The Bertz CT molecular complexity index is 498. The van der Waals surface area contributed by atoms with Gasteiger partial charge in [0.1, 0.15) is 0 Å². The summed E-state index contributed by atoms with van der Waals surface area (Å²) in [4.78, 5) is 5.45. The summed E-state index contributed by atoms with van der Waals surface area (Å²) < 4.78 is 10.1. The molecule has 1 atom stereocenters. The van der Waals surface area contributed by atoms with Crippen molar-refractivity contribution in [2.75, 3.05) is 20.0 Å². The van der Waals surface area contributed by atoms with Crippen molar-refractivity contribution in [1.82, 2.24) is 10.1 Å². The van der Waals surface area contributed by atoms with Crippen molar-refractivity contribution >= 4 is 11.8 Å². The van der Waals surface area contributed by atoms with E-state index in [-0.39, 0.29) is 6.04 Å². The number of benzene rings is 1. The lowest BCUT2D eigenvalue weighted by molar-refractivity contribution is 0.177. The zero-order valence-corrected chi connectivity index (χ0v) is 11.1. The number of nitrogens with two attached hydrogens (primary N) is 1. The summed E-state index contributed by atoms with van der Waals surface area (Å²) in [6, 6.07) is 7.56. The zero-order valence-electron chi connectivity index (χ0n) is 10.3. The molecule has 0 aliphatic carbocycles. The lowest BCUT2D eigenvalue weighted by Crippen LogP contribution is -2.17. The van der Waals surface area contributed by atoms with Gasteiger partial charge in [-0.25, -0.2) is 0 Å². The van der Waals surface area contributed by atoms with Gasteiger partial charge < -0.3 is 15.0 Å². The van der Waals surface area contributed by atoms with E-state index in [1.165, 1.54) is 4.90 Å². The fourth-order valence-electron chi connectivity index (χ4n) is 1.49. The van der Waals surface area contributed by atoms with Gasteiger partial charge in [0.2, 0.25) is 0 Å². The van der Waals surface area contributed by atoms with Crippen LogP contribution >= 0.6 is 11.8 Å². The number of hydrogen-bond acceptors (Lipinski definition) is 6. The Morgan fingerprint density at radius 1 is 1.39 bits per heavy atom. The topological polar surface area (TPSA) is 74.2 Å². The first-order valence-corrected chi connectivity index (χ1v) is 6.69. The minimum atomic E-state index is -0.363. The molecule has 2 rings (SSSR count). The van der Waals surface area contributed by atoms with Gasteiger partial charge in [-0.05, 0) is 30.5 Å². The average molecular weight is 265 g/mol. The van der Waals surface area contributed by atoms with Crippen LogP contribution in [0, 0.1) is 0 Å². The maximum atomic E-state index is 5.83. The molecule has 0 bridgehead atoms. The molecule has 6 heteroatoms. The van der Waals surface area contributed by atoms with E-state index in [0.717, 1.165) is 5.56 Å². The largest absolute Gasteiger partial charge is 0.383 e. The minimum absolute atomic E-state index is 0.363. The summed E-state index contributed by atoms with van der Waals surface area (Å²) in [5.74, 6) is 0.935. The van der Waals surface area contributed by atoms with Crippen LogP contribution in [0.1, 0.15) is 11.9 Å². The van der Waals surface area contributed by atoms with E-state index in [1.807, 2.05) is 30.5 Å². The molecule has 96 valence electrons. The molecule has 1 aromatic heterocycles. The van der Waals surface area contributed by atoms with Crippen molar-refractivity contribution in [3.05, 3.63) is 30.1 Å². The average Bonchev–Trinajstić information content (AvgIpc) is 2.89. The summed E-state index contributed by atoms with van der Waals surface area (Å²) in [6.07, 6.45) is 2.03. The van der Waals surface area contributed by atoms with Gasteiger partial charge >= 0.3 is 0 Å². The second-order valence-electron chi connectivity index (χ2n) is 3.75. The van der Waals surface area contributed by atoms with Crippen LogP contribution in [0.3, 0.4) is 0 Å². The highest BCUT2D eigenvalue weighted by molar-refractivity contribution is 7.98. The van der Waals surface area contributed by atoms with Gasteiger partial charge in [0.15, 0.2) is 5.82 Å². The first-order valence-electron chi connectivity index (χ1n) is 5.47. The first-order chi connectivity index (χ1) is 8.74. The zero-order chi connectivity index (χ0) is 13.0. The second kappa shape index (κ2) is 5.99. The van der Waals surface area contributed by atoms with Crippen LogP contribution in [0.25, 0.3) is 11.5 Å². The fraction of sp³-hybridized carbons (Fsp3) is 0.333. The molecule has 0 spiro atoms. The van der Waals surface area contributed by atoms with Gasteiger partial charge in [-0.15, -0.1) is 11.8 Å². The van der Waals surface area contributed by atoms with Crippen LogP contribution in [0.5, 0.6) is 0 Å². The third-order valence-electron chi connectivity index (χ3n) is 2.46. The van der Waals surface area contributed by atoms with E-state index in [9.17, 15) is 0 Å². The van der Waals surface area contributed by atoms with E-state index in [4.69, 9.17) is 15.0 Å². The monoisotopic (exact) mass is 265 g/mol. The number of ether oxygens (including phenoxy) is 1. The molecule has 18 heavy (non-hydrogen) atoms. The Morgan fingerprint density at radius 2 is 2.11 bits per heavy atom. The highest BCUT2D eigenvalue weighted by Gasteiger charge is 2.14. The quantitative estimate of drug-likeness (QED) is 0.834. The molecule has 1 unspecified atom stereocenters. The van der Waals surface area contributed by atoms with Crippen molar-refractivity contribution in [3.8, 4) is 11.5 Å². The Hall–Kier alpha value is -1.37. The number of thioether (sulfide) groups is 1. The van der Waals surface area contributed by atoms with Crippen LogP contribution in [0.15, 0.2) is 33.7 Å². The highest BCUT2D eigenvalue weighted by Crippen LogP contribution is 2.22. The van der Waals surface area contributed by atoms with Crippen LogP contribution in [0.2, 0.25) is 0 Å². The van der Waals surface area contributed by atoms with Gasteiger partial charge in [0, 0.05) is 17.6 Å². The molecular formula is C12H15N3O2S. The SMILES string of the molecule is COCC(N)c1noc(-c2ccc(SC)cc2)n1. The van der Waals surface area contributed by atoms with Crippen LogP contribution in [-0.2, 0) is 4.74 Å². The number of methoxy groups -OCH3 is 1. The molecule has 0 saturated heterocycles. The summed E-state index contributed by atoms with van der Waals surface area (Å²) in [5, 5.41) is 3.86. The number of hydrogen-bond donors (Lipinski definition) is 1. The molecule has 0 amide bonds. The standard InChI is InChI=1S/C12H15N3O2S/c1-16-7-10(13)11-14-12(17-15-11)8-3-5-9(18-2)6-4-8/h3-6,10H,7,13H2,1-2H3. The lowest BCUT2D eigenvalue weighted by Gasteiger charge is -2.03. The maximum Gasteiger partial charge on any atom is 0.257 e. The third kappa shape index (κ3) is 2.90. The smallest absolute Gasteiger partial charge is 0.257 e. The van der Waals surface area contributed by atoms with Crippen molar-refractivity contribution < 1.29 is 9.26 Å². The highest BCUT2D eigenvalue weighted by atomic mass is 32.2. The molecule has 2 aromatic rings. The summed E-state index contributed by atoms with van der Waals surface area (Å²) >= 11 is 1.69. The van der Waals surface area contributed by atoms with Crippen molar-refractivity contribution in [1.29, 1.82) is 0 Å². The minimum Gasteiger partial charge on any atom is -0.383 e. The van der Waals surface area contributed by atoms with E-state index >= 15 is 0 Å². The van der Waals surface area contributed by atoms with E-state index in [2.05, 4.69) is 10.1 Å². The van der Waals surface area contributed by atoms with Gasteiger partial charge in [0.05, 0.1) is 12.6 Å². The molecule has 0 saturated carbocycles. The second-order valence-corrected chi connectivity index (χ2v) is 4.63. The number of aromatic nitrogens is 2. The van der Waals surface area contributed by atoms with E-state index in [1.54, 1.807) is 18.9 Å². The number of nitrogens with zero attached hydrogens (tertiary/aromatic N) is 2. The molecule has 1 aromatic carbocycles. The maximum absolute atomic E-state index is 5.83. The van der Waals surface area contributed by atoms with Crippen molar-refractivity contribution in [2.24, 2.45) is 5.73 Å². The van der Waals surface area contributed by atoms with Crippen molar-refractivity contribution in [3.63, 3.8) is 0 Å². The molecular weight excluding hydrogens is 250 g/mol. The first kappa shape index (κ1) is 13.1. The van der Waals surface area contributed by atoms with Gasteiger partial charge in [-0.3, -0.25) is 0 Å². The summed E-state index contributed by atoms with van der Waals surface area (Å²) in [5.41, 5.74) is 6.71. The van der Waals surface area contributed by atoms with Gasteiger partial charge in [-0.2, -0.15) is 4.98 Å². The van der Waals surface area contributed by atoms with E-state index < -0.39 is 0 Å². The predicted octanol–water partition coefficient (Wildman–Crippen LogP) is 2.10. The summed E-state index contributed by atoms with van der Waals surface area (Å²) in [7, 11) is 1.59. The van der Waals surface area contributed by atoms with E-state index in [0.29, 0.717) is 18.3 Å². The van der Waals surface area contributed by atoms with Crippen molar-refractivity contribution in [2.45, 2.75) is 10.9 Å². The van der Waals surface area contributed by atoms with Gasteiger partial charge in [-0.1, -0.05) is 5.16 Å². The Labute approximate surface area is 110 Å². The molecule has 0 aliphatic rings. The Kier molecular flexibility index (Phi) is 4.35. The Morgan fingerprint density at radius 3 is 2.72 bits per heavy atom. The number of rotatable bonds is 5. The van der Waals surface area contributed by atoms with Crippen LogP contribution < -0.4 is 5.73 Å².